The van der Waals surface area contributed by atoms with Crippen LogP contribution in [0.3, 0.4) is 0 Å². The number of halogens is 1. The van der Waals surface area contributed by atoms with Crippen LogP contribution in [-0.4, -0.2) is 14.5 Å². The SMILES string of the molecule is CCCC(C)NS(=O)(=O)c1cc(Cl)ccc1N. The standard InChI is InChI=1S/C11H17ClN2O2S/c1-3-4-8(2)14-17(15,16)11-7-9(12)5-6-10(11)13/h5-8,14H,3-4,13H2,1-2H3. The minimum absolute atomic E-state index is 0.0351. The lowest BCUT2D eigenvalue weighted by atomic mass is 10.2. The minimum Gasteiger partial charge on any atom is -0.398 e. The summed E-state index contributed by atoms with van der Waals surface area (Å²) >= 11 is 5.77. The van der Waals surface area contributed by atoms with Gasteiger partial charge in [0.2, 0.25) is 10.0 Å². The average Bonchev–Trinajstić information content (AvgIpc) is 2.21. The fourth-order valence-electron chi connectivity index (χ4n) is 1.56. The van der Waals surface area contributed by atoms with Gasteiger partial charge in [0, 0.05) is 11.1 Å². The molecule has 1 rings (SSSR count). The molecular weight excluding hydrogens is 260 g/mol. The third-order valence-electron chi connectivity index (χ3n) is 2.34. The highest BCUT2D eigenvalue weighted by Gasteiger charge is 2.19. The molecule has 1 aromatic rings. The maximum Gasteiger partial charge on any atom is 0.242 e. The van der Waals surface area contributed by atoms with Gasteiger partial charge in [-0.05, 0) is 31.5 Å². The quantitative estimate of drug-likeness (QED) is 0.811. The van der Waals surface area contributed by atoms with Crippen LogP contribution >= 0.6 is 11.6 Å². The molecule has 0 amide bonds. The zero-order chi connectivity index (χ0) is 13.1. The van der Waals surface area contributed by atoms with Crippen LogP contribution in [0, 0.1) is 0 Å². The predicted molar refractivity (Wildman–Crippen MR) is 70.6 cm³/mol. The fraction of sp³-hybridized carbons (Fsp3) is 0.455. The van der Waals surface area contributed by atoms with E-state index in [-0.39, 0.29) is 16.6 Å². The Hall–Kier alpha value is -0.780. The van der Waals surface area contributed by atoms with Crippen molar-refractivity contribution < 1.29 is 8.42 Å². The molecule has 0 fully saturated rings. The molecule has 96 valence electrons. The Labute approximate surface area is 107 Å². The van der Waals surface area contributed by atoms with Crippen LogP contribution in [0.1, 0.15) is 26.7 Å². The highest BCUT2D eigenvalue weighted by molar-refractivity contribution is 7.89. The third-order valence-corrected chi connectivity index (χ3v) is 4.22. The number of hydrogen-bond acceptors (Lipinski definition) is 3. The highest BCUT2D eigenvalue weighted by Crippen LogP contribution is 2.22. The molecule has 3 N–H and O–H groups in total. The van der Waals surface area contributed by atoms with Gasteiger partial charge in [-0.1, -0.05) is 24.9 Å². The van der Waals surface area contributed by atoms with Gasteiger partial charge in [0.25, 0.3) is 0 Å². The Balaban J connectivity index is 3.01. The van der Waals surface area contributed by atoms with E-state index in [1.54, 1.807) is 6.07 Å². The van der Waals surface area contributed by atoms with Gasteiger partial charge in [0.15, 0.2) is 0 Å². The number of rotatable bonds is 5. The predicted octanol–water partition coefficient (Wildman–Crippen LogP) is 2.39. The molecule has 0 aliphatic heterocycles. The Kier molecular flexibility index (Phi) is 4.80. The first kappa shape index (κ1) is 14.3. The molecule has 0 aliphatic carbocycles. The second-order valence-corrected chi connectivity index (χ2v) is 6.11. The summed E-state index contributed by atoms with van der Waals surface area (Å²) in [4.78, 5) is 0.0351. The Morgan fingerprint density at radius 2 is 2.12 bits per heavy atom. The van der Waals surface area contributed by atoms with E-state index < -0.39 is 10.0 Å². The van der Waals surface area contributed by atoms with Gasteiger partial charge in [-0.2, -0.15) is 0 Å². The van der Waals surface area contributed by atoms with E-state index in [9.17, 15) is 8.42 Å². The average molecular weight is 277 g/mol. The van der Waals surface area contributed by atoms with E-state index >= 15 is 0 Å². The highest BCUT2D eigenvalue weighted by atomic mass is 35.5. The summed E-state index contributed by atoms with van der Waals surface area (Å²) in [6, 6.07) is 4.29. The molecule has 0 heterocycles. The van der Waals surface area contributed by atoms with Crippen LogP contribution < -0.4 is 10.5 Å². The van der Waals surface area contributed by atoms with E-state index in [0.29, 0.717) is 5.02 Å². The summed E-state index contributed by atoms with van der Waals surface area (Å²) in [6.45, 7) is 3.82. The van der Waals surface area contributed by atoms with Crippen molar-refractivity contribution in [2.45, 2.75) is 37.6 Å². The number of anilines is 1. The van der Waals surface area contributed by atoms with Gasteiger partial charge in [-0.3, -0.25) is 0 Å². The summed E-state index contributed by atoms with van der Waals surface area (Å²) in [5.74, 6) is 0. The molecule has 0 saturated carbocycles. The van der Waals surface area contributed by atoms with E-state index in [1.165, 1.54) is 12.1 Å². The lowest BCUT2D eigenvalue weighted by Crippen LogP contribution is -2.32. The topological polar surface area (TPSA) is 72.2 Å². The van der Waals surface area contributed by atoms with Crippen LogP contribution in [0.4, 0.5) is 5.69 Å². The number of hydrogen-bond donors (Lipinski definition) is 2. The van der Waals surface area contributed by atoms with Crippen LogP contribution in [0.25, 0.3) is 0 Å². The number of nitrogen functional groups attached to an aromatic ring is 1. The zero-order valence-electron chi connectivity index (χ0n) is 9.90. The zero-order valence-corrected chi connectivity index (χ0v) is 11.5. The van der Waals surface area contributed by atoms with Gasteiger partial charge in [0.1, 0.15) is 4.90 Å². The molecule has 0 bridgehead atoms. The van der Waals surface area contributed by atoms with Gasteiger partial charge < -0.3 is 5.73 Å². The Morgan fingerprint density at radius 3 is 2.71 bits per heavy atom. The lowest BCUT2D eigenvalue weighted by Gasteiger charge is -2.14. The maximum atomic E-state index is 12.0. The van der Waals surface area contributed by atoms with Gasteiger partial charge in [0.05, 0.1) is 5.69 Å². The largest absolute Gasteiger partial charge is 0.398 e. The third kappa shape index (κ3) is 3.87. The van der Waals surface area contributed by atoms with E-state index in [4.69, 9.17) is 17.3 Å². The molecule has 0 aliphatic rings. The van der Waals surface area contributed by atoms with Crippen molar-refractivity contribution in [3.63, 3.8) is 0 Å². The Bertz CT molecular complexity index is 488. The van der Waals surface area contributed by atoms with Crippen LogP contribution in [-0.2, 0) is 10.0 Å². The number of benzene rings is 1. The second-order valence-electron chi connectivity index (χ2n) is 3.99. The van der Waals surface area contributed by atoms with Crippen molar-refractivity contribution in [1.29, 1.82) is 0 Å². The normalized spacial score (nSPS) is 13.6. The number of nitrogens with one attached hydrogen (secondary N) is 1. The second kappa shape index (κ2) is 5.71. The summed E-state index contributed by atoms with van der Waals surface area (Å²) in [7, 11) is -3.59. The molecule has 1 atom stereocenters. The molecule has 0 radical (unpaired) electrons. The van der Waals surface area contributed by atoms with Crippen molar-refractivity contribution in [1.82, 2.24) is 4.72 Å². The molecule has 0 saturated heterocycles. The van der Waals surface area contributed by atoms with E-state index in [0.717, 1.165) is 12.8 Å². The Morgan fingerprint density at radius 1 is 1.47 bits per heavy atom. The van der Waals surface area contributed by atoms with Crippen molar-refractivity contribution in [2.24, 2.45) is 0 Å². The molecule has 1 aromatic carbocycles. The molecule has 1 unspecified atom stereocenters. The fourth-order valence-corrected chi connectivity index (χ4v) is 3.23. The summed E-state index contributed by atoms with van der Waals surface area (Å²) in [5, 5.41) is 0.350. The smallest absolute Gasteiger partial charge is 0.242 e. The lowest BCUT2D eigenvalue weighted by molar-refractivity contribution is 0.544. The van der Waals surface area contributed by atoms with Crippen LogP contribution in [0.2, 0.25) is 5.02 Å². The molecule has 6 heteroatoms. The van der Waals surface area contributed by atoms with Gasteiger partial charge in [-0.15, -0.1) is 0 Å². The molecule has 17 heavy (non-hydrogen) atoms. The first-order valence-electron chi connectivity index (χ1n) is 5.44. The maximum absolute atomic E-state index is 12.0. The van der Waals surface area contributed by atoms with Crippen molar-refractivity contribution in [3.8, 4) is 0 Å². The number of nitrogens with two attached hydrogens (primary N) is 1. The molecule has 0 spiro atoms. The van der Waals surface area contributed by atoms with Crippen molar-refractivity contribution in [2.75, 3.05) is 5.73 Å². The molecule has 0 aromatic heterocycles. The first-order valence-corrected chi connectivity index (χ1v) is 7.30. The first-order chi connectivity index (χ1) is 7.86. The van der Waals surface area contributed by atoms with Crippen LogP contribution in [0.15, 0.2) is 23.1 Å². The molecule has 4 nitrogen and oxygen atoms in total. The van der Waals surface area contributed by atoms with Gasteiger partial charge >= 0.3 is 0 Å². The number of sulfonamides is 1. The van der Waals surface area contributed by atoms with E-state index in [1.807, 2.05) is 13.8 Å². The summed E-state index contributed by atoms with van der Waals surface area (Å²) in [5.41, 5.74) is 5.85. The summed E-state index contributed by atoms with van der Waals surface area (Å²) < 4.78 is 26.7. The minimum atomic E-state index is -3.59. The van der Waals surface area contributed by atoms with Crippen molar-refractivity contribution in [3.05, 3.63) is 23.2 Å². The molecular formula is C11H17ClN2O2S. The van der Waals surface area contributed by atoms with Gasteiger partial charge in [-0.25, -0.2) is 13.1 Å². The monoisotopic (exact) mass is 276 g/mol. The van der Waals surface area contributed by atoms with Crippen LogP contribution in [0.5, 0.6) is 0 Å². The van der Waals surface area contributed by atoms with E-state index in [2.05, 4.69) is 4.72 Å². The summed E-state index contributed by atoms with van der Waals surface area (Å²) in [6.07, 6.45) is 1.69. The van der Waals surface area contributed by atoms with Crippen molar-refractivity contribution >= 4 is 27.3 Å².